The van der Waals surface area contributed by atoms with Gasteiger partial charge in [0.1, 0.15) is 0 Å². The molecule has 0 amide bonds. The second-order valence-corrected chi connectivity index (χ2v) is 6.53. The zero-order valence-electron chi connectivity index (χ0n) is 12.7. The maximum Gasteiger partial charge on any atom is 0.0307 e. The highest BCUT2D eigenvalue weighted by molar-refractivity contribution is 9.10. The van der Waals surface area contributed by atoms with Crippen LogP contribution in [0.4, 0.5) is 0 Å². The van der Waals surface area contributed by atoms with Gasteiger partial charge >= 0.3 is 0 Å². The van der Waals surface area contributed by atoms with Crippen LogP contribution in [0.2, 0.25) is 0 Å². The van der Waals surface area contributed by atoms with E-state index in [-0.39, 0.29) is 6.04 Å². The molecule has 0 aromatic heterocycles. The molecule has 0 bridgehead atoms. The van der Waals surface area contributed by atoms with Gasteiger partial charge in [-0.3, -0.25) is 0 Å². The van der Waals surface area contributed by atoms with Crippen molar-refractivity contribution in [2.75, 3.05) is 13.6 Å². The molecule has 0 saturated carbocycles. The number of nitrogens with zero attached hydrogens (tertiary/aromatic N) is 1. The van der Waals surface area contributed by atoms with E-state index in [1.165, 1.54) is 16.7 Å². The fourth-order valence-electron chi connectivity index (χ4n) is 2.42. The van der Waals surface area contributed by atoms with Crippen molar-refractivity contribution in [3.8, 4) is 0 Å². The van der Waals surface area contributed by atoms with Crippen LogP contribution in [0.3, 0.4) is 0 Å². The molecule has 0 spiro atoms. The quantitative estimate of drug-likeness (QED) is 0.845. The number of hydrogen-bond acceptors (Lipinski definition) is 2. The van der Waals surface area contributed by atoms with Gasteiger partial charge in [-0.1, -0.05) is 52.3 Å². The smallest absolute Gasteiger partial charge is 0.0307 e. The Balaban J connectivity index is 1.86. The molecule has 2 rings (SSSR count). The van der Waals surface area contributed by atoms with E-state index in [0.29, 0.717) is 0 Å². The van der Waals surface area contributed by atoms with Crippen molar-refractivity contribution < 1.29 is 0 Å². The van der Waals surface area contributed by atoms with Crippen LogP contribution in [0.25, 0.3) is 0 Å². The van der Waals surface area contributed by atoms with Crippen molar-refractivity contribution in [1.29, 1.82) is 0 Å². The van der Waals surface area contributed by atoms with Crippen LogP contribution in [-0.4, -0.2) is 18.5 Å². The van der Waals surface area contributed by atoms with Crippen molar-refractivity contribution in [2.45, 2.75) is 25.9 Å². The summed E-state index contributed by atoms with van der Waals surface area (Å²) in [7, 11) is 2.15. The van der Waals surface area contributed by atoms with Gasteiger partial charge in [0, 0.05) is 17.1 Å². The van der Waals surface area contributed by atoms with Gasteiger partial charge in [0.25, 0.3) is 0 Å². The molecule has 0 radical (unpaired) electrons. The molecule has 0 fully saturated rings. The summed E-state index contributed by atoms with van der Waals surface area (Å²) in [5.74, 6) is 0. The SMILES string of the molecule is Cc1ccccc1CN(C)CCC(N)c1cccc(Br)c1. The van der Waals surface area contributed by atoms with E-state index >= 15 is 0 Å². The lowest BCUT2D eigenvalue weighted by molar-refractivity contribution is 0.311. The average molecular weight is 347 g/mol. The minimum Gasteiger partial charge on any atom is -0.324 e. The number of hydrogen-bond donors (Lipinski definition) is 1. The molecular formula is C18H23BrN2. The Morgan fingerprint density at radius 2 is 1.90 bits per heavy atom. The van der Waals surface area contributed by atoms with E-state index in [1.807, 2.05) is 12.1 Å². The number of rotatable bonds is 6. The fourth-order valence-corrected chi connectivity index (χ4v) is 2.84. The molecule has 3 heteroatoms. The van der Waals surface area contributed by atoms with E-state index in [9.17, 15) is 0 Å². The molecule has 1 unspecified atom stereocenters. The predicted molar refractivity (Wildman–Crippen MR) is 93.2 cm³/mol. The molecular weight excluding hydrogens is 324 g/mol. The summed E-state index contributed by atoms with van der Waals surface area (Å²) in [6.45, 7) is 4.12. The van der Waals surface area contributed by atoms with Crippen molar-refractivity contribution in [1.82, 2.24) is 4.90 Å². The molecule has 0 aliphatic carbocycles. The van der Waals surface area contributed by atoms with Crippen LogP contribution in [0.1, 0.15) is 29.2 Å². The van der Waals surface area contributed by atoms with E-state index < -0.39 is 0 Å². The second-order valence-electron chi connectivity index (χ2n) is 5.61. The van der Waals surface area contributed by atoms with Crippen molar-refractivity contribution >= 4 is 15.9 Å². The molecule has 0 aliphatic heterocycles. The fraction of sp³-hybridized carbons (Fsp3) is 0.333. The highest BCUT2D eigenvalue weighted by atomic mass is 79.9. The molecule has 2 aromatic rings. The number of nitrogens with two attached hydrogens (primary N) is 1. The van der Waals surface area contributed by atoms with Gasteiger partial charge < -0.3 is 10.6 Å². The molecule has 0 aliphatic rings. The largest absolute Gasteiger partial charge is 0.324 e. The summed E-state index contributed by atoms with van der Waals surface area (Å²) < 4.78 is 1.09. The van der Waals surface area contributed by atoms with Gasteiger partial charge in [0.2, 0.25) is 0 Å². The summed E-state index contributed by atoms with van der Waals surface area (Å²) in [6, 6.07) is 16.9. The van der Waals surface area contributed by atoms with Crippen molar-refractivity contribution in [3.05, 3.63) is 69.7 Å². The first-order valence-electron chi connectivity index (χ1n) is 7.30. The number of aryl methyl sites for hydroxylation is 1. The van der Waals surface area contributed by atoms with Gasteiger partial charge in [-0.05, 0) is 55.8 Å². The zero-order valence-corrected chi connectivity index (χ0v) is 14.3. The Bertz CT molecular complexity index is 583. The van der Waals surface area contributed by atoms with E-state index in [1.54, 1.807) is 0 Å². The summed E-state index contributed by atoms with van der Waals surface area (Å²) in [5, 5.41) is 0. The van der Waals surface area contributed by atoms with E-state index in [0.717, 1.165) is 24.0 Å². The Morgan fingerprint density at radius 3 is 2.62 bits per heavy atom. The lowest BCUT2D eigenvalue weighted by Gasteiger charge is -2.20. The first-order chi connectivity index (χ1) is 10.1. The van der Waals surface area contributed by atoms with E-state index in [4.69, 9.17) is 5.73 Å². The van der Waals surface area contributed by atoms with Crippen LogP contribution in [0.5, 0.6) is 0 Å². The first kappa shape index (κ1) is 16.2. The maximum atomic E-state index is 6.29. The molecule has 0 saturated heterocycles. The summed E-state index contributed by atoms with van der Waals surface area (Å²) in [4.78, 5) is 2.33. The minimum absolute atomic E-state index is 0.0850. The first-order valence-corrected chi connectivity index (χ1v) is 8.09. The van der Waals surface area contributed by atoms with Crippen LogP contribution >= 0.6 is 15.9 Å². The summed E-state index contributed by atoms with van der Waals surface area (Å²) >= 11 is 3.50. The number of benzene rings is 2. The molecule has 112 valence electrons. The highest BCUT2D eigenvalue weighted by Crippen LogP contribution is 2.19. The molecule has 0 heterocycles. The van der Waals surface area contributed by atoms with E-state index in [2.05, 4.69) is 71.2 Å². The number of halogens is 1. The predicted octanol–water partition coefficient (Wildman–Crippen LogP) is 4.28. The molecule has 1 atom stereocenters. The summed E-state index contributed by atoms with van der Waals surface area (Å²) in [5.41, 5.74) is 10.2. The molecule has 2 N–H and O–H groups in total. The maximum absolute atomic E-state index is 6.29. The third-order valence-corrected chi connectivity index (χ3v) is 4.29. The van der Waals surface area contributed by atoms with Crippen LogP contribution in [0.15, 0.2) is 53.0 Å². The Hall–Kier alpha value is -1.16. The Morgan fingerprint density at radius 1 is 1.14 bits per heavy atom. The zero-order chi connectivity index (χ0) is 15.2. The molecule has 21 heavy (non-hydrogen) atoms. The van der Waals surface area contributed by atoms with Gasteiger partial charge in [0.15, 0.2) is 0 Å². The normalized spacial score (nSPS) is 12.6. The van der Waals surface area contributed by atoms with Gasteiger partial charge in [-0.2, -0.15) is 0 Å². The third kappa shape index (κ3) is 4.95. The van der Waals surface area contributed by atoms with Gasteiger partial charge in [0.05, 0.1) is 0 Å². The second kappa shape index (κ2) is 7.74. The highest BCUT2D eigenvalue weighted by Gasteiger charge is 2.09. The third-order valence-electron chi connectivity index (χ3n) is 3.80. The van der Waals surface area contributed by atoms with Crippen LogP contribution in [0, 0.1) is 6.92 Å². The Labute approximate surface area is 136 Å². The topological polar surface area (TPSA) is 29.3 Å². The van der Waals surface area contributed by atoms with Crippen LogP contribution in [-0.2, 0) is 6.54 Å². The van der Waals surface area contributed by atoms with Gasteiger partial charge in [-0.15, -0.1) is 0 Å². The van der Waals surface area contributed by atoms with Crippen LogP contribution < -0.4 is 5.73 Å². The van der Waals surface area contributed by atoms with Crippen molar-refractivity contribution in [3.63, 3.8) is 0 Å². The van der Waals surface area contributed by atoms with Gasteiger partial charge in [-0.25, -0.2) is 0 Å². The minimum atomic E-state index is 0.0850. The average Bonchev–Trinajstić information content (AvgIpc) is 2.47. The lowest BCUT2D eigenvalue weighted by Crippen LogP contribution is -2.23. The lowest BCUT2D eigenvalue weighted by atomic mass is 10.0. The monoisotopic (exact) mass is 346 g/mol. The standard InChI is InChI=1S/C18H23BrN2/c1-14-6-3-4-7-16(14)13-21(2)11-10-18(20)15-8-5-9-17(19)12-15/h3-9,12,18H,10-11,13,20H2,1-2H3. The molecule has 2 aromatic carbocycles. The molecule has 2 nitrogen and oxygen atoms in total. The summed E-state index contributed by atoms with van der Waals surface area (Å²) in [6.07, 6.45) is 0.957. The Kier molecular flexibility index (Phi) is 5.97. The van der Waals surface area contributed by atoms with Crippen molar-refractivity contribution in [2.24, 2.45) is 5.73 Å².